The van der Waals surface area contributed by atoms with E-state index in [2.05, 4.69) is 41.1 Å². The van der Waals surface area contributed by atoms with E-state index in [0.717, 1.165) is 27.0 Å². The molecule has 0 aliphatic carbocycles. The Balaban J connectivity index is 2.19. The van der Waals surface area contributed by atoms with Gasteiger partial charge in [-0.1, -0.05) is 51.8 Å². The lowest BCUT2D eigenvalue weighted by Gasteiger charge is -2.13. The topological polar surface area (TPSA) is 0 Å². The Morgan fingerprint density at radius 3 is 2.61 bits per heavy atom. The largest absolute Gasteiger partial charge is 0.117 e. The minimum absolute atomic E-state index is 0.0570. The van der Waals surface area contributed by atoms with E-state index in [0.29, 0.717) is 0 Å². The van der Waals surface area contributed by atoms with Gasteiger partial charge in [0, 0.05) is 9.50 Å². The number of aryl methyl sites for hydroxylation is 1. The van der Waals surface area contributed by atoms with Crippen molar-refractivity contribution >= 4 is 39.1 Å². The van der Waals surface area contributed by atoms with Gasteiger partial charge in [-0.25, -0.2) is 0 Å². The molecule has 2 rings (SSSR count). The second kappa shape index (κ2) is 6.10. The van der Waals surface area contributed by atoms with Crippen LogP contribution in [0.15, 0.2) is 46.9 Å². The van der Waals surface area contributed by atoms with Crippen LogP contribution in [0.1, 0.15) is 22.1 Å². The molecule has 2 aromatic carbocycles. The van der Waals surface area contributed by atoms with E-state index in [-0.39, 0.29) is 5.38 Å². The summed E-state index contributed by atoms with van der Waals surface area (Å²) in [7, 11) is 0. The SMILES string of the molecule is Cc1ccc(C(Cl)Cc2cccc(Cl)c2)c(Br)c1. The lowest BCUT2D eigenvalue weighted by atomic mass is 10.0. The van der Waals surface area contributed by atoms with E-state index < -0.39 is 0 Å². The van der Waals surface area contributed by atoms with Crippen molar-refractivity contribution in [3.63, 3.8) is 0 Å². The van der Waals surface area contributed by atoms with Crippen LogP contribution in [0.25, 0.3) is 0 Å². The first-order valence-corrected chi connectivity index (χ1v) is 7.31. The third kappa shape index (κ3) is 3.50. The van der Waals surface area contributed by atoms with E-state index in [1.54, 1.807) is 0 Å². The Labute approximate surface area is 126 Å². The number of benzene rings is 2. The fraction of sp³-hybridized carbons (Fsp3) is 0.200. The zero-order valence-corrected chi connectivity index (χ0v) is 13.1. The van der Waals surface area contributed by atoms with E-state index in [1.807, 2.05) is 24.3 Å². The quantitative estimate of drug-likeness (QED) is 0.605. The van der Waals surface area contributed by atoms with Gasteiger partial charge >= 0.3 is 0 Å². The summed E-state index contributed by atoms with van der Waals surface area (Å²) in [6.45, 7) is 2.06. The number of alkyl halides is 1. The molecule has 0 saturated carbocycles. The monoisotopic (exact) mass is 342 g/mol. The van der Waals surface area contributed by atoms with Crippen LogP contribution in [0, 0.1) is 6.92 Å². The predicted octanol–water partition coefficient (Wildman–Crippen LogP) is 5.93. The third-order valence-electron chi connectivity index (χ3n) is 2.80. The van der Waals surface area contributed by atoms with Gasteiger partial charge in [-0.2, -0.15) is 0 Å². The van der Waals surface area contributed by atoms with Crippen LogP contribution in [0.5, 0.6) is 0 Å². The molecule has 1 atom stereocenters. The molecule has 0 saturated heterocycles. The van der Waals surface area contributed by atoms with Crippen LogP contribution in [0.3, 0.4) is 0 Å². The number of halogens is 3. The molecular weight excluding hydrogens is 331 g/mol. The highest BCUT2D eigenvalue weighted by Gasteiger charge is 2.12. The van der Waals surface area contributed by atoms with Crippen molar-refractivity contribution in [3.8, 4) is 0 Å². The molecule has 3 heteroatoms. The molecule has 1 unspecified atom stereocenters. The maximum absolute atomic E-state index is 6.48. The van der Waals surface area contributed by atoms with Crippen LogP contribution in [0.4, 0.5) is 0 Å². The van der Waals surface area contributed by atoms with E-state index in [4.69, 9.17) is 23.2 Å². The molecule has 0 heterocycles. The van der Waals surface area contributed by atoms with Gasteiger partial charge in [0.25, 0.3) is 0 Å². The van der Waals surface area contributed by atoms with E-state index >= 15 is 0 Å². The molecule has 0 nitrogen and oxygen atoms in total. The van der Waals surface area contributed by atoms with Gasteiger partial charge in [-0.05, 0) is 48.2 Å². The average Bonchev–Trinajstić information content (AvgIpc) is 2.28. The minimum atomic E-state index is -0.0570. The fourth-order valence-electron chi connectivity index (χ4n) is 1.87. The van der Waals surface area contributed by atoms with Crippen LogP contribution in [-0.2, 0) is 6.42 Å². The summed E-state index contributed by atoms with van der Waals surface area (Å²) in [5.74, 6) is 0. The van der Waals surface area contributed by atoms with Crippen LogP contribution in [-0.4, -0.2) is 0 Å². The molecular formula is C15H13BrCl2. The van der Waals surface area contributed by atoms with Crippen molar-refractivity contribution in [2.75, 3.05) is 0 Å². The molecule has 0 aromatic heterocycles. The maximum atomic E-state index is 6.48. The first kappa shape index (κ1) is 13.9. The molecule has 0 amide bonds. The number of rotatable bonds is 3. The zero-order valence-electron chi connectivity index (χ0n) is 9.96. The Morgan fingerprint density at radius 2 is 1.94 bits per heavy atom. The van der Waals surface area contributed by atoms with Crippen molar-refractivity contribution < 1.29 is 0 Å². The van der Waals surface area contributed by atoms with Crippen molar-refractivity contribution in [2.24, 2.45) is 0 Å². The highest BCUT2D eigenvalue weighted by molar-refractivity contribution is 9.10. The highest BCUT2D eigenvalue weighted by Crippen LogP contribution is 2.32. The minimum Gasteiger partial charge on any atom is -0.117 e. The molecule has 18 heavy (non-hydrogen) atoms. The van der Waals surface area contributed by atoms with Gasteiger partial charge in [0.05, 0.1) is 5.38 Å². The predicted molar refractivity (Wildman–Crippen MR) is 82.6 cm³/mol. The second-order valence-corrected chi connectivity index (χ2v) is 6.14. The Kier molecular flexibility index (Phi) is 4.71. The number of hydrogen-bond donors (Lipinski definition) is 0. The Hall–Kier alpha value is -0.500. The first-order valence-electron chi connectivity index (χ1n) is 5.71. The molecule has 0 bridgehead atoms. The molecule has 0 spiro atoms. The fourth-order valence-corrected chi connectivity index (χ4v) is 3.35. The van der Waals surface area contributed by atoms with Crippen LogP contribution >= 0.6 is 39.1 Å². The summed E-state index contributed by atoms with van der Waals surface area (Å²) >= 11 is 16.0. The summed E-state index contributed by atoms with van der Waals surface area (Å²) in [5.41, 5.74) is 3.48. The van der Waals surface area contributed by atoms with Crippen molar-refractivity contribution in [2.45, 2.75) is 18.7 Å². The van der Waals surface area contributed by atoms with Gasteiger partial charge in [-0.3, -0.25) is 0 Å². The molecule has 0 radical (unpaired) electrons. The average molecular weight is 344 g/mol. The van der Waals surface area contributed by atoms with Gasteiger partial charge in [0.15, 0.2) is 0 Å². The summed E-state index contributed by atoms with van der Waals surface area (Å²) in [6, 6.07) is 14.1. The molecule has 0 aliphatic heterocycles. The summed E-state index contributed by atoms with van der Waals surface area (Å²) in [6.07, 6.45) is 0.768. The van der Waals surface area contributed by atoms with Crippen LogP contribution in [0.2, 0.25) is 5.02 Å². The van der Waals surface area contributed by atoms with Gasteiger partial charge in [0.2, 0.25) is 0 Å². The molecule has 0 fully saturated rings. The molecule has 0 N–H and O–H groups in total. The lowest BCUT2D eigenvalue weighted by molar-refractivity contribution is 0.913. The first-order chi connectivity index (χ1) is 8.56. The van der Waals surface area contributed by atoms with Crippen molar-refractivity contribution in [1.82, 2.24) is 0 Å². The third-order valence-corrected chi connectivity index (χ3v) is 4.11. The van der Waals surface area contributed by atoms with E-state index in [1.165, 1.54) is 5.56 Å². The Morgan fingerprint density at radius 1 is 1.17 bits per heavy atom. The van der Waals surface area contributed by atoms with Crippen molar-refractivity contribution in [3.05, 3.63) is 68.7 Å². The van der Waals surface area contributed by atoms with Crippen LogP contribution < -0.4 is 0 Å². The standard InChI is InChI=1S/C15H13BrCl2/c1-10-5-6-13(14(16)7-10)15(18)9-11-3-2-4-12(17)8-11/h2-8,15H,9H2,1H3. The molecule has 2 aromatic rings. The molecule has 0 aliphatic rings. The lowest BCUT2D eigenvalue weighted by Crippen LogP contribution is -1.97. The summed E-state index contributed by atoms with van der Waals surface area (Å²) in [5, 5.41) is 0.692. The molecule has 94 valence electrons. The number of hydrogen-bond acceptors (Lipinski definition) is 0. The highest BCUT2D eigenvalue weighted by atomic mass is 79.9. The Bertz CT molecular complexity index is 552. The van der Waals surface area contributed by atoms with Gasteiger partial charge in [-0.15, -0.1) is 11.6 Å². The van der Waals surface area contributed by atoms with Gasteiger partial charge < -0.3 is 0 Å². The van der Waals surface area contributed by atoms with Gasteiger partial charge in [0.1, 0.15) is 0 Å². The zero-order chi connectivity index (χ0) is 13.1. The smallest absolute Gasteiger partial charge is 0.0636 e. The van der Waals surface area contributed by atoms with E-state index in [9.17, 15) is 0 Å². The summed E-state index contributed by atoms with van der Waals surface area (Å²) in [4.78, 5) is 0. The summed E-state index contributed by atoms with van der Waals surface area (Å²) < 4.78 is 1.06. The second-order valence-electron chi connectivity index (χ2n) is 4.33. The maximum Gasteiger partial charge on any atom is 0.0636 e. The van der Waals surface area contributed by atoms with Crippen molar-refractivity contribution in [1.29, 1.82) is 0 Å². The normalized spacial score (nSPS) is 12.4.